The normalized spacial score (nSPS) is 20.0. The molecule has 1 aliphatic rings. The molecule has 0 saturated heterocycles. The van der Waals surface area contributed by atoms with E-state index >= 15 is 0 Å². The van der Waals surface area contributed by atoms with Gasteiger partial charge in [0.1, 0.15) is 0 Å². The van der Waals surface area contributed by atoms with Gasteiger partial charge in [0.15, 0.2) is 0 Å². The van der Waals surface area contributed by atoms with Crippen LogP contribution in [0, 0.1) is 11.8 Å². The molecule has 0 spiro atoms. The van der Waals surface area contributed by atoms with Gasteiger partial charge in [-0.15, -0.1) is 0 Å². The summed E-state index contributed by atoms with van der Waals surface area (Å²) in [6.07, 6.45) is 4.01. The Bertz CT molecular complexity index is 119. The van der Waals surface area contributed by atoms with Gasteiger partial charge in [0.2, 0.25) is 0 Å². The van der Waals surface area contributed by atoms with Gasteiger partial charge < -0.3 is 11.1 Å². The summed E-state index contributed by atoms with van der Waals surface area (Å²) in [4.78, 5) is 0. The summed E-state index contributed by atoms with van der Waals surface area (Å²) < 4.78 is 0. The summed E-state index contributed by atoms with van der Waals surface area (Å²) in [5.41, 5.74) is 5.69. The van der Waals surface area contributed by atoms with Crippen LogP contribution in [0.5, 0.6) is 0 Å². The highest BCUT2D eigenvalue weighted by Crippen LogP contribution is 2.19. The molecule has 0 bridgehead atoms. The molecule has 1 saturated carbocycles. The third-order valence-corrected chi connectivity index (χ3v) is 2.41. The molecule has 0 amide bonds. The summed E-state index contributed by atoms with van der Waals surface area (Å²) in [6.45, 7) is 6.48. The van der Waals surface area contributed by atoms with Gasteiger partial charge >= 0.3 is 0 Å². The zero-order valence-corrected chi connectivity index (χ0v) is 8.34. The van der Waals surface area contributed by atoms with Crippen LogP contribution in [0.1, 0.15) is 33.1 Å². The van der Waals surface area contributed by atoms with E-state index in [9.17, 15) is 0 Å². The van der Waals surface area contributed by atoms with Crippen LogP contribution in [-0.4, -0.2) is 19.1 Å². The molecule has 0 aliphatic heterocycles. The smallest absolute Gasteiger partial charge is 0.00683 e. The van der Waals surface area contributed by atoms with Gasteiger partial charge in [-0.3, -0.25) is 0 Å². The molecule has 0 radical (unpaired) electrons. The van der Waals surface area contributed by atoms with Crippen LogP contribution in [0.4, 0.5) is 0 Å². The molecular weight excluding hydrogens is 148 g/mol. The summed E-state index contributed by atoms with van der Waals surface area (Å²) in [6, 6.07) is 0.825. The fourth-order valence-corrected chi connectivity index (χ4v) is 1.55. The first-order chi connectivity index (χ1) is 5.72. The first-order valence-corrected chi connectivity index (χ1v) is 5.15. The molecule has 12 heavy (non-hydrogen) atoms. The fraction of sp³-hybridized carbons (Fsp3) is 1.00. The van der Waals surface area contributed by atoms with Crippen molar-refractivity contribution >= 4 is 0 Å². The maximum Gasteiger partial charge on any atom is 0.00683 e. The van der Waals surface area contributed by atoms with E-state index in [0.29, 0.717) is 5.92 Å². The second-order valence-corrected chi connectivity index (χ2v) is 4.41. The standard InChI is InChI=1S/C10H22N2/c1-8(2)5-9(6-11)7-12-10-3-4-10/h8-10,12H,3-7,11H2,1-2H3. The molecule has 0 heterocycles. The van der Waals surface area contributed by atoms with Gasteiger partial charge in [-0.25, -0.2) is 0 Å². The second kappa shape index (κ2) is 4.83. The molecule has 1 unspecified atom stereocenters. The van der Waals surface area contributed by atoms with Crippen molar-refractivity contribution in [3.8, 4) is 0 Å². The van der Waals surface area contributed by atoms with Crippen LogP contribution in [0.3, 0.4) is 0 Å². The fourth-order valence-electron chi connectivity index (χ4n) is 1.55. The van der Waals surface area contributed by atoms with Gasteiger partial charge in [0.25, 0.3) is 0 Å². The van der Waals surface area contributed by atoms with Crippen molar-refractivity contribution in [2.45, 2.75) is 39.2 Å². The van der Waals surface area contributed by atoms with E-state index in [1.807, 2.05) is 0 Å². The van der Waals surface area contributed by atoms with Gasteiger partial charge in [0.05, 0.1) is 0 Å². The van der Waals surface area contributed by atoms with E-state index in [-0.39, 0.29) is 0 Å². The Morgan fingerprint density at radius 2 is 2.08 bits per heavy atom. The number of hydrogen-bond donors (Lipinski definition) is 2. The third kappa shape index (κ3) is 4.07. The lowest BCUT2D eigenvalue weighted by Crippen LogP contribution is -2.30. The molecule has 0 aromatic carbocycles. The van der Waals surface area contributed by atoms with Crippen molar-refractivity contribution in [2.75, 3.05) is 13.1 Å². The quantitative estimate of drug-likeness (QED) is 0.631. The van der Waals surface area contributed by atoms with Crippen molar-refractivity contribution in [2.24, 2.45) is 17.6 Å². The number of hydrogen-bond acceptors (Lipinski definition) is 2. The maximum absolute atomic E-state index is 5.69. The average Bonchev–Trinajstić information content (AvgIpc) is 2.80. The average molecular weight is 170 g/mol. The van der Waals surface area contributed by atoms with E-state index in [0.717, 1.165) is 25.0 Å². The summed E-state index contributed by atoms with van der Waals surface area (Å²) in [5, 5.41) is 3.53. The summed E-state index contributed by atoms with van der Waals surface area (Å²) in [7, 11) is 0. The van der Waals surface area contributed by atoms with Crippen molar-refractivity contribution in [1.29, 1.82) is 0 Å². The molecule has 1 aliphatic carbocycles. The molecule has 0 aromatic heterocycles. The highest BCUT2D eigenvalue weighted by Gasteiger charge is 2.21. The molecule has 72 valence electrons. The monoisotopic (exact) mass is 170 g/mol. The van der Waals surface area contributed by atoms with Crippen LogP contribution < -0.4 is 11.1 Å². The Morgan fingerprint density at radius 3 is 2.50 bits per heavy atom. The van der Waals surface area contributed by atoms with Crippen molar-refractivity contribution in [1.82, 2.24) is 5.32 Å². The predicted octanol–water partition coefficient (Wildman–Crippen LogP) is 1.36. The van der Waals surface area contributed by atoms with E-state index in [4.69, 9.17) is 5.73 Å². The zero-order valence-electron chi connectivity index (χ0n) is 8.34. The van der Waals surface area contributed by atoms with E-state index in [1.54, 1.807) is 0 Å². The topological polar surface area (TPSA) is 38.0 Å². The lowest BCUT2D eigenvalue weighted by molar-refractivity contribution is 0.393. The van der Waals surface area contributed by atoms with E-state index in [2.05, 4.69) is 19.2 Å². The Labute approximate surface area is 75.9 Å². The molecule has 2 nitrogen and oxygen atoms in total. The lowest BCUT2D eigenvalue weighted by Gasteiger charge is -2.17. The first kappa shape index (κ1) is 10.0. The molecule has 1 atom stereocenters. The predicted molar refractivity (Wildman–Crippen MR) is 53.0 cm³/mol. The molecule has 1 rings (SSSR count). The molecule has 3 N–H and O–H groups in total. The van der Waals surface area contributed by atoms with Gasteiger partial charge in [-0.2, -0.15) is 0 Å². The van der Waals surface area contributed by atoms with Crippen LogP contribution in [0.15, 0.2) is 0 Å². The number of nitrogens with two attached hydrogens (primary N) is 1. The first-order valence-electron chi connectivity index (χ1n) is 5.15. The Balaban J connectivity index is 2.06. The minimum atomic E-state index is 0.686. The Hall–Kier alpha value is -0.0800. The summed E-state index contributed by atoms with van der Waals surface area (Å²) >= 11 is 0. The van der Waals surface area contributed by atoms with Crippen LogP contribution in [-0.2, 0) is 0 Å². The third-order valence-electron chi connectivity index (χ3n) is 2.41. The zero-order chi connectivity index (χ0) is 8.97. The maximum atomic E-state index is 5.69. The van der Waals surface area contributed by atoms with Crippen molar-refractivity contribution in [3.05, 3.63) is 0 Å². The van der Waals surface area contributed by atoms with Gasteiger partial charge in [-0.1, -0.05) is 13.8 Å². The lowest BCUT2D eigenvalue weighted by atomic mass is 9.97. The number of rotatable bonds is 6. The van der Waals surface area contributed by atoms with Gasteiger partial charge in [-0.05, 0) is 44.2 Å². The molecule has 2 heteroatoms. The Morgan fingerprint density at radius 1 is 1.42 bits per heavy atom. The van der Waals surface area contributed by atoms with E-state index in [1.165, 1.54) is 19.3 Å². The molecule has 0 aromatic rings. The highest BCUT2D eigenvalue weighted by molar-refractivity contribution is 4.82. The summed E-state index contributed by atoms with van der Waals surface area (Å²) in [5.74, 6) is 1.46. The van der Waals surface area contributed by atoms with Gasteiger partial charge in [0, 0.05) is 6.04 Å². The molecular formula is C10H22N2. The Kier molecular flexibility index (Phi) is 4.02. The SMILES string of the molecule is CC(C)CC(CN)CNC1CC1. The van der Waals surface area contributed by atoms with Crippen LogP contribution >= 0.6 is 0 Å². The minimum absolute atomic E-state index is 0.686. The second-order valence-electron chi connectivity index (χ2n) is 4.41. The van der Waals surface area contributed by atoms with Crippen LogP contribution in [0.25, 0.3) is 0 Å². The van der Waals surface area contributed by atoms with Crippen molar-refractivity contribution < 1.29 is 0 Å². The van der Waals surface area contributed by atoms with Crippen molar-refractivity contribution in [3.63, 3.8) is 0 Å². The minimum Gasteiger partial charge on any atom is -0.330 e. The van der Waals surface area contributed by atoms with Crippen LogP contribution in [0.2, 0.25) is 0 Å². The largest absolute Gasteiger partial charge is 0.330 e. The van der Waals surface area contributed by atoms with E-state index < -0.39 is 0 Å². The highest BCUT2D eigenvalue weighted by atomic mass is 14.9. The molecule has 1 fully saturated rings. The number of nitrogens with one attached hydrogen (secondary N) is 1.